The molecule has 90 valence electrons. The summed E-state index contributed by atoms with van der Waals surface area (Å²) in [6.45, 7) is 6.89. The normalized spacial score (nSPS) is 17.2. The maximum absolute atomic E-state index is 8.77. The van der Waals surface area contributed by atoms with Crippen molar-refractivity contribution in [1.82, 2.24) is 9.91 Å². The lowest BCUT2D eigenvalue weighted by atomic mass is 10.2. The Labute approximate surface area is 106 Å². The van der Waals surface area contributed by atoms with Crippen molar-refractivity contribution < 1.29 is 0 Å². The van der Waals surface area contributed by atoms with Gasteiger partial charge in [-0.25, -0.2) is 5.01 Å². The molecular formula is C11H15N5S. The summed E-state index contributed by atoms with van der Waals surface area (Å²) in [5.74, 6) is 0. The molecular weight excluding hydrogens is 234 g/mol. The van der Waals surface area contributed by atoms with Crippen LogP contribution in [0.1, 0.15) is 20.8 Å². The Morgan fingerprint density at radius 3 is 2.41 bits per heavy atom. The fourth-order valence-corrected chi connectivity index (χ4v) is 2.43. The molecule has 0 amide bonds. The highest BCUT2D eigenvalue weighted by Gasteiger charge is 2.39. The minimum Gasteiger partial charge on any atom is -0.326 e. The maximum atomic E-state index is 8.77. The molecule has 1 heterocycles. The first-order valence-corrected chi connectivity index (χ1v) is 6.45. The third-order valence-electron chi connectivity index (χ3n) is 2.64. The summed E-state index contributed by atoms with van der Waals surface area (Å²) in [5, 5.41) is 24.5. The van der Waals surface area contributed by atoms with Crippen LogP contribution in [-0.2, 0) is 0 Å². The molecule has 0 unspecified atom stereocenters. The Balaban J connectivity index is 3.12. The first-order chi connectivity index (χ1) is 8.01. The van der Waals surface area contributed by atoms with Crippen molar-refractivity contribution in [2.24, 2.45) is 5.10 Å². The van der Waals surface area contributed by atoms with Crippen LogP contribution >= 0.6 is 11.8 Å². The van der Waals surface area contributed by atoms with Gasteiger partial charge in [0.15, 0.2) is 5.17 Å². The largest absolute Gasteiger partial charge is 0.326 e. The van der Waals surface area contributed by atoms with Crippen LogP contribution < -0.4 is 0 Å². The average molecular weight is 249 g/mol. The molecule has 0 radical (unpaired) electrons. The fourth-order valence-electron chi connectivity index (χ4n) is 1.69. The van der Waals surface area contributed by atoms with E-state index in [1.54, 1.807) is 16.8 Å². The Bertz CT molecular complexity index is 422. The van der Waals surface area contributed by atoms with Gasteiger partial charge in [0, 0.05) is 6.54 Å². The van der Waals surface area contributed by atoms with E-state index in [0.29, 0.717) is 0 Å². The molecule has 1 aliphatic heterocycles. The standard InChI is InChI=1S/C11H15N5S/c1-5-15-10(17-4)14-16(11(15,2)3)8-9(6-12)7-13/h8H,5H2,1-4H3. The lowest BCUT2D eigenvalue weighted by Crippen LogP contribution is -2.48. The number of nitriles is 2. The summed E-state index contributed by atoms with van der Waals surface area (Å²) in [4.78, 5) is 2.13. The fraction of sp³-hybridized carbons (Fsp3) is 0.545. The van der Waals surface area contributed by atoms with Gasteiger partial charge in [0.05, 0.1) is 6.20 Å². The van der Waals surface area contributed by atoms with E-state index in [9.17, 15) is 0 Å². The molecule has 17 heavy (non-hydrogen) atoms. The number of nitrogens with zero attached hydrogens (tertiary/aromatic N) is 5. The number of thioether (sulfide) groups is 1. The van der Waals surface area contributed by atoms with Gasteiger partial charge >= 0.3 is 0 Å². The third kappa shape index (κ3) is 2.37. The molecule has 0 fully saturated rings. The highest BCUT2D eigenvalue weighted by Crippen LogP contribution is 2.31. The highest BCUT2D eigenvalue weighted by atomic mass is 32.2. The molecule has 0 atom stereocenters. The van der Waals surface area contributed by atoms with Crippen LogP contribution in [0.2, 0.25) is 0 Å². The highest BCUT2D eigenvalue weighted by molar-refractivity contribution is 8.13. The van der Waals surface area contributed by atoms with E-state index >= 15 is 0 Å². The topological polar surface area (TPSA) is 66.4 Å². The van der Waals surface area contributed by atoms with E-state index in [4.69, 9.17) is 10.5 Å². The van der Waals surface area contributed by atoms with Crippen molar-refractivity contribution in [2.75, 3.05) is 12.8 Å². The Hall–Kier alpha value is -1.66. The average Bonchev–Trinajstić information content (AvgIpc) is 2.56. The third-order valence-corrected chi connectivity index (χ3v) is 3.30. The first kappa shape index (κ1) is 13.4. The molecule has 6 heteroatoms. The monoisotopic (exact) mass is 249 g/mol. The van der Waals surface area contributed by atoms with Crippen LogP contribution in [-0.4, -0.2) is 33.5 Å². The Kier molecular flexibility index (Phi) is 4.03. The minimum absolute atomic E-state index is 0.0558. The molecule has 0 aromatic rings. The summed E-state index contributed by atoms with van der Waals surface area (Å²) in [6.07, 6.45) is 3.45. The number of hydrogen-bond donors (Lipinski definition) is 0. The molecule has 0 aromatic carbocycles. The molecule has 5 nitrogen and oxygen atoms in total. The SMILES string of the molecule is CCN1C(SC)=NN(C=C(C#N)C#N)C1(C)C. The zero-order valence-electron chi connectivity index (χ0n) is 10.4. The molecule has 1 rings (SSSR count). The molecule has 0 aliphatic carbocycles. The predicted octanol–water partition coefficient (Wildman–Crippen LogP) is 1.93. The van der Waals surface area contributed by atoms with E-state index in [-0.39, 0.29) is 11.2 Å². The van der Waals surface area contributed by atoms with E-state index in [1.165, 1.54) is 6.20 Å². The van der Waals surface area contributed by atoms with Crippen LogP contribution in [0.15, 0.2) is 16.9 Å². The number of rotatable bonds is 2. The Morgan fingerprint density at radius 1 is 1.47 bits per heavy atom. The van der Waals surface area contributed by atoms with Gasteiger partial charge in [0.1, 0.15) is 23.4 Å². The van der Waals surface area contributed by atoms with Crippen molar-refractivity contribution in [1.29, 1.82) is 10.5 Å². The minimum atomic E-state index is -0.355. The van der Waals surface area contributed by atoms with Crippen molar-refractivity contribution in [3.8, 4) is 12.1 Å². The smallest absolute Gasteiger partial charge is 0.185 e. The van der Waals surface area contributed by atoms with Gasteiger partial charge in [-0.15, -0.1) is 5.10 Å². The molecule has 0 aromatic heterocycles. The molecule has 0 bridgehead atoms. The second kappa shape index (κ2) is 5.11. The van der Waals surface area contributed by atoms with E-state index in [0.717, 1.165) is 11.7 Å². The number of amidine groups is 1. The number of allylic oxidation sites excluding steroid dienone is 1. The zero-order chi connectivity index (χ0) is 13.1. The quantitative estimate of drug-likeness (QED) is 0.699. The number of hydrogen-bond acceptors (Lipinski definition) is 6. The van der Waals surface area contributed by atoms with Gasteiger partial charge < -0.3 is 4.90 Å². The molecule has 0 N–H and O–H groups in total. The van der Waals surface area contributed by atoms with Crippen molar-refractivity contribution >= 4 is 16.9 Å². The summed E-state index contributed by atoms with van der Waals surface area (Å²) in [6, 6.07) is 3.69. The second-order valence-corrected chi connectivity index (χ2v) is 4.71. The Morgan fingerprint density at radius 2 is 2.06 bits per heavy atom. The van der Waals surface area contributed by atoms with Crippen molar-refractivity contribution in [3.63, 3.8) is 0 Å². The van der Waals surface area contributed by atoms with Crippen LogP contribution in [0.5, 0.6) is 0 Å². The van der Waals surface area contributed by atoms with E-state index < -0.39 is 0 Å². The van der Waals surface area contributed by atoms with E-state index in [2.05, 4.69) is 16.9 Å². The van der Waals surface area contributed by atoms with Gasteiger partial charge in [-0.3, -0.25) is 0 Å². The van der Waals surface area contributed by atoms with Crippen molar-refractivity contribution in [3.05, 3.63) is 11.8 Å². The summed E-state index contributed by atoms with van der Waals surface area (Å²) in [7, 11) is 0. The van der Waals surface area contributed by atoms with Crippen LogP contribution in [0.4, 0.5) is 0 Å². The van der Waals surface area contributed by atoms with Crippen LogP contribution in [0, 0.1) is 22.7 Å². The molecule has 0 saturated carbocycles. The van der Waals surface area contributed by atoms with Gasteiger partial charge in [0.2, 0.25) is 0 Å². The first-order valence-electron chi connectivity index (χ1n) is 5.22. The van der Waals surface area contributed by atoms with Gasteiger partial charge in [0.25, 0.3) is 0 Å². The van der Waals surface area contributed by atoms with Crippen LogP contribution in [0.25, 0.3) is 0 Å². The summed E-state index contributed by atoms with van der Waals surface area (Å²) in [5.41, 5.74) is -0.299. The van der Waals surface area contributed by atoms with Crippen molar-refractivity contribution in [2.45, 2.75) is 26.4 Å². The van der Waals surface area contributed by atoms with E-state index in [1.807, 2.05) is 32.2 Å². The predicted molar refractivity (Wildman–Crippen MR) is 68.6 cm³/mol. The maximum Gasteiger partial charge on any atom is 0.185 e. The van der Waals surface area contributed by atoms with Gasteiger partial charge in [-0.1, -0.05) is 11.8 Å². The lowest BCUT2D eigenvalue weighted by Gasteiger charge is -2.36. The second-order valence-electron chi connectivity index (χ2n) is 3.94. The van der Waals surface area contributed by atoms with Gasteiger partial charge in [-0.05, 0) is 27.0 Å². The molecule has 0 saturated heterocycles. The lowest BCUT2D eigenvalue weighted by molar-refractivity contribution is 0.0912. The molecule has 1 aliphatic rings. The molecule has 0 spiro atoms. The summed E-state index contributed by atoms with van der Waals surface area (Å²) >= 11 is 1.55. The number of hydrazone groups is 1. The zero-order valence-corrected chi connectivity index (χ0v) is 11.2. The van der Waals surface area contributed by atoms with Gasteiger partial charge in [-0.2, -0.15) is 10.5 Å². The van der Waals surface area contributed by atoms with Crippen LogP contribution in [0.3, 0.4) is 0 Å². The summed E-state index contributed by atoms with van der Waals surface area (Å²) < 4.78 is 0.